The van der Waals surface area contributed by atoms with Crippen molar-refractivity contribution in [3.63, 3.8) is 0 Å². The molecule has 0 aliphatic rings. The van der Waals surface area contributed by atoms with Crippen molar-refractivity contribution in [2.75, 3.05) is 0 Å². The third kappa shape index (κ3) is 2.54. The summed E-state index contributed by atoms with van der Waals surface area (Å²) in [6.45, 7) is 1.85. The molecule has 0 unspecified atom stereocenters. The molecule has 2 aromatic rings. The van der Waals surface area contributed by atoms with Gasteiger partial charge in [0.15, 0.2) is 0 Å². The number of rotatable bonds is 3. The molecule has 1 aromatic carbocycles. The number of aromatic carboxylic acids is 1. The Morgan fingerprint density at radius 3 is 2.58 bits per heavy atom. The Morgan fingerprint density at radius 1 is 1.32 bits per heavy atom. The maximum absolute atomic E-state index is 13.7. The summed E-state index contributed by atoms with van der Waals surface area (Å²) in [7, 11) is 0. The third-order valence-corrected chi connectivity index (χ3v) is 2.88. The number of aryl methyl sites for hydroxylation is 1. The average Bonchev–Trinajstić information content (AvgIpc) is 2.38. The van der Waals surface area contributed by atoms with E-state index in [1.54, 1.807) is 12.1 Å². The summed E-state index contributed by atoms with van der Waals surface area (Å²) < 4.78 is 13.7. The fraction of sp³-hybridized carbons (Fsp3) is 0.143. The van der Waals surface area contributed by atoms with Crippen LogP contribution in [0.25, 0.3) is 11.3 Å². The highest BCUT2D eigenvalue weighted by atomic mass is 19.1. The molecular weight excluding hydrogens is 249 g/mol. The summed E-state index contributed by atoms with van der Waals surface area (Å²) in [6, 6.07) is 7.32. The quantitative estimate of drug-likeness (QED) is 0.891. The highest BCUT2D eigenvalue weighted by Gasteiger charge is 2.10. The van der Waals surface area contributed by atoms with E-state index in [4.69, 9.17) is 5.11 Å². The lowest BCUT2D eigenvalue weighted by Crippen LogP contribution is -2.17. The maximum Gasteiger partial charge on any atom is 0.341 e. The number of carboxylic acid groups (broad SMARTS) is 1. The van der Waals surface area contributed by atoms with E-state index in [1.165, 1.54) is 18.2 Å². The topological polar surface area (TPSA) is 70.2 Å². The van der Waals surface area contributed by atoms with Gasteiger partial charge >= 0.3 is 5.97 Å². The van der Waals surface area contributed by atoms with Crippen LogP contribution in [0, 0.1) is 5.82 Å². The van der Waals surface area contributed by atoms with Crippen LogP contribution in [0.1, 0.15) is 22.8 Å². The largest absolute Gasteiger partial charge is 0.477 e. The van der Waals surface area contributed by atoms with Crippen LogP contribution in [0.2, 0.25) is 0 Å². The molecule has 4 nitrogen and oxygen atoms in total. The zero-order valence-electron chi connectivity index (χ0n) is 10.2. The summed E-state index contributed by atoms with van der Waals surface area (Å²) >= 11 is 0. The van der Waals surface area contributed by atoms with Crippen LogP contribution in [-0.2, 0) is 6.42 Å². The first kappa shape index (κ1) is 13.0. The van der Waals surface area contributed by atoms with Gasteiger partial charge in [-0.2, -0.15) is 0 Å². The van der Waals surface area contributed by atoms with Gasteiger partial charge in [0.05, 0.1) is 0 Å². The van der Waals surface area contributed by atoms with Gasteiger partial charge in [0.1, 0.15) is 11.4 Å². The Morgan fingerprint density at radius 2 is 2.05 bits per heavy atom. The summed E-state index contributed by atoms with van der Waals surface area (Å²) in [5, 5.41) is 8.76. The van der Waals surface area contributed by atoms with E-state index in [0.29, 0.717) is 23.2 Å². The molecule has 2 N–H and O–H groups in total. The second-order valence-electron chi connectivity index (χ2n) is 4.08. The molecule has 19 heavy (non-hydrogen) atoms. The van der Waals surface area contributed by atoms with Crippen molar-refractivity contribution in [1.82, 2.24) is 4.98 Å². The standard InChI is InChI=1S/C14H12FNO3/c1-2-8-3-4-9(7-11(8)15)12-6-5-10(14(18)19)13(17)16-12/h3-7H,2H2,1H3,(H,16,17)(H,18,19). The normalized spacial score (nSPS) is 10.4. The van der Waals surface area contributed by atoms with Gasteiger partial charge in [0.25, 0.3) is 5.56 Å². The third-order valence-electron chi connectivity index (χ3n) is 2.88. The summed E-state index contributed by atoms with van der Waals surface area (Å²) in [5.74, 6) is -1.64. The van der Waals surface area contributed by atoms with E-state index in [9.17, 15) is 14.0 Å². The van der Waals surface area contributed by atoms with Gasteiger partial charge in [0, 0.05) is 11.3 Å². The fourth-order valence-corrected chi connectivity index (χ4v) is 1.81. The number of benzene rings is 1. The molecule has 98 valence electrons. The van der Waals surface area contributed by atoms with Crippen LogP contribution in [0.5, 0.6) is 0 Å². The molecule has 0 fully saturated rings. The minimum Gasteiger partial charge on any atom is -0.477 e. The number of hydrogen-bond acceptors (Lipinski definition) is 2. The Bertz CT molecular complexity index is 691. The molecule has 0 saturated heterocycles. The van der Waals surface area contributed by atoms with Gasteiger partial charge in [-0.05, 0) is 30.2 Å². The molecule has 0 spiro atoms. The lowest BCUT2D eigenvalue weighted by atomic mass is 10.1. The van der Waals surface area contributed by atoms with E-state index < -0.39 is 11.5 Å². The average molecular weight is 261 g/mol. The van der Waals surface area contributed by atoms with Crippen molar-refractivity contribution in [3.8, 4) is 11.3 Å². The highest BCUT2D eigenvalue weighted by Crippen LogP contribution is 2.19. The van der Waals surface area contributed by atoms with Crippen molar-refractivity contribution < 1.29 is 14.3 Å². The first-order chi connectivity index (χ1) is 9.02. The zero-order valence-corrected chi connectivity index (χ0v) is 10.2. The van der Waals surface area contributed by atoms with Crippen molar-refractivity contribution in [2.45, 2.75) is 13.3 Å². The molecular formula is C14H12FNO3. The van der Waals surface area contributed by atoms with Crippen LogP contribution in [0.15, 0.2) is 35.1 Å². The molecule has 0 amide bonds. The number of H-pyrrole nitrogens is 1. The lowest BCUT2D eigenvalue weighted by molar-refractivity contribution is 0.0695. The van der Waals surface area contributed by atoms with Gasteiger partial charge < -0.3 is 10.1 Å². The summed E-state index contributed by atoms with van der Waals surface area (Å²) in [4.78, 5) is 24.7. The van der Waals surface area contributed by atoms with E-state index >= 15 is 0 Å². The summed E-state index contributed by atoms with van der Waals surface area (Å²) in [6.07, 6.45) is 0.584. The number of hydrogen-bond donors (Lipinski definition) is 2. The molecule has 0 bridgehead atoms. The van der Waals surface area contributed by atoms with Crippen LogP contribution in [0.3, 0.4) is 0 Å². The Labute approximate surface area is 108 Å². The van der Waals surface area contributed by atoms with E-state index in [2.05, 4.69) is 4.98 Å². The Balaban J connectivity index is 2.48. The van der Waals surface area contributed by atoms with Crippen molar-refractivity contribution in [2.24, 2.45) is 0 Å². The Hall–Kier alpha value is -2.43. The number of pyridine rings is 1. The smallest absolute Gasteiger partial charge is 0.341 e. The summed E-state index contributed by atoms with van der Waals surface area (Å²) in [5.41, 5.74) is 0.438. The maximum atomic E-state index is 13.7. The molecule has 1 heterocycles. The molecule has 1 aromatic heterocycles. The van der Waals surface area contributed by atoms with Crippen molar-refractivity contribution >= 4 is 5.97 Å². The second-order valence-corrected chi connectivity index (χ2v) is 4.08. The number of carbonyl (C=O) groups is 1. The first-order valence-electron chi connectivity index (χ1n) is 5.78. The number of aromatic amines is 1. The van der Waals surface area contributed by atoms with Crippen molar-refractivity contribution in [3.05, 3.63) is 57.6 Å². The van der Waals surface area contributed by atoms with Gasteiger partial charge in [-0.25, -0.2) is 9.18 Å². The van der Waals surface area contributed by atoms with Gasteiger partial charge in [-0.15, -0.1) is 0 Å². The molecule has 5 heteroatoms. The SMILES string of the molecule is CCc1ccc(-c2ccc(C(=O)O)c(=O)[nH]2)cc1F. The number of halogens is 1. The van der Waals surface area contributed by atoms with Gasteiger partial charge in [-0.1, -0.05) is 19.1 Å². The molecule has 2 rings (SSSR count). The van der Waals surface area contributed by atoms with Gasteiger partial charge in [0.2, 0.25) is 0 Å². The van der Waals surface area contributed by atoms with Crippen molar-refractivity contribution in [1.29, 1.82) is 0 Å². The highest BCUT2D eigenvalue weighted by molar-refractivity contribution is 5.87. The lowest BCUT2D eigenvalue weighted by Gasteiger charge is -2.05. The molecule has 0 aliphatic heterocycles. The molecule has 0 aliphatic carbocycles. The first-order valence-corrected chi connectivity index (χ1v) is 5.78. The van der Waals surface area contributed by atoms with E-state index in [0.717, 1.165) is 0 Å². The molecule has 0 atom stereocenters. The Kier molecular flexibility index (Phi) is 3.46. The molecule has 0 radical (unpaired) electrons. The number of nitrogens with one attached hydrogen (secondary N) is 1. The predicted molar refractivity (Wildman–Crippen MR) is 68.8 cm³/mol. The minimum absolute atomic E-state index is 0.339. The monoisotopic (exact) mass is 261 g/mol. The van der Waals surface area contributed by atoms with Crippen LogP contribution < -0.4 is 5.56 Å². The molecule has 0 saturated carbocycles. The fourth-order valence-electron chi connectivity index (χ4n) is 1.81. The van der Waals surface area contributed by atoms with Crippen LogP contribution >= 0.6 is 0 Å². The number of carboxylic acids is 1. The van der Waals surface area contributed by atoms with E-state index in [-0.39, 0.29) is 11.4 Å². The minimum atomic E-state index is -1.29. The zero-order chi connectivity index (χ0) is 14.0. The van der Waals surface area contributed by atoms with Gasteiger partial charge in [-0.3, -0.25) is 4.79 Å². The predicted octanol–water partition coefficient (Wildman–Crippen LogP) is 2.44. The van der Waals surface area contributed by atoms with E-state index in [1.807, 2.05) is 6.92 Å². The second kappa shape index (κ2) is 5.06. The van der Waals surface area contributed by atoms with Crippen LogP contribution in [-0.4, -0.2) is 16.1 Å². The number of aromatic nitrogens is 1. The van der Waals surface area contributed by atoms with Crippen LogP contribution in [0.4, 0.5) is 4.39 Å².